The smallest absolute Gasteiger partial charge is 0.262 e. The molecule has 0 spiro atoms. The predicted molar refractivity (Wildman–Crippen MR) is 87.6 cm³/mol. The Morgan fingerprint density at radius 3 is 3.00 bits per heavy atom. The minimum Gasteiger partial charge on any atom is -0.396 e. The minimum atomic E-state index is 0.172. The van der Waals surface area contributed by atoms with Crippen molar-refractivity contribution in [1.82, 2.24) is 14.9 Å². The van der Waals surface area contributed by atoms with E-state index in [2.05, 4.69) is 5.32 Å². The maximum Gasteiger partial charge on any atom is 0.262 e. The number of rotatable bonds is 6. The van der Waals surface area contributed by atoms with E-state index in [1.807, 2.05) is 4.57 Å². The number of aliphatic hydroxyl groups is 1. The van der Waals surface area contributed by atoms with E-state index in [-0.39, 0.29) is 12.2 Å². The van der Waals surface area contributed by atoms with Crippen molar-refractivity contribution in [3.8, 4) is 0 Å². The zero-order valence-corrected chi connectivity index (χ0v) is 13.4. The van der Waals surface area contributed by atoms with Crippen LogP contribution in [0.1, 0.15) is 48.0 Å². The minimum absolute atomic E-state index is 0.172. The first-order valence-corrected chi connectivity index (χ1v) is 8.98. The molecule has 0 bridgehead atoms. The standard InChI is InChI=1S/C16H21N3O2S/c20-8-2-7-17-9-13-18-15-14(11-3-1-4-12(11)22-15)16(21)19(13)10-5-6-10/h10,17,20H,1-9H2. The van der Waals surface area contributed by atoms with Crippen molar-refractivity contribution in [3.63, 3.8) is 0 Å². The lowest BCUT2D eigenvalue weighted by Crippen LogP contribution is -2.28. The largest absolute Gasteiger partial charge is 0.396 e. The van der Waals surface area contributed by atoms with E-state index in [9.17, 15) is 4.79 Å². The quantitative estimate of drug-likeness (QED) is 0.796. The fraction of sp³-hybridized carbons (Fsp3) is 0.625. The van der Waals surface area contributed by atoms with Crippen molar-refractivity contribution in [1.29, 1.82) is 0 Å². The fourth-order valence-electron chi connectivity index (χ4n) is 3.34. The number of aromatic nitrogens is 2. The van der Waals surface area contributed by atoms with Crippen molar-refractivity contribution in [3.05, 3.63) is 26.6 Å². The van der Waals surface area contributed by atoms with Crippen molar-refractivity contribution >= 4 is 21.6 Å². The zero-order chi connectivity index (χ0) is 15.1. The number of nitrogens with one attached hydrogen (secondary N) is 1. The summed E-state index contributed by atoms with van der Waals surface area (Å²) in [4.78, 5) is 20.1. The van der Waals surface area contributed by atoms with Gasteiger partial charge in [-0.15, -0.1) is 11.3 Å². The van der Waals surface area contributed by atoms with E-state index in [4.69, 9.17) is 10.1 Å². The van der Waals surface area contributed by atoms with Crippen LogP contribution in [0.25, 0.3) is 10.2 Å². The van der Waals surface area contributed by atoms with Gasteiger partial charge in [-0.25, -0.2) is 4.98 Å². The van der Waals surface area contributed by atoms with Gasteiger partial charge in [0, 0.05) is 17.5 Å². The van der Waals surface area contributed by atoms with E-state index in [0.717, 1.165) is 54.7 Å². The molecule has 0 unspecified atom stereocenters. The molecule has 0 atom stereocenters. The van der Waals surface area contributed by atoms with Crippen molar-refractivity contribution in [2.75, 3.05) is 13.2 Å². The average Bonchev–Trinajstić information content (AvgIpc) is 3.12. The predicted octanol–water partition coefficient (Wildman–Crippen LogP) is 1.75. The van der Waals surface area contributed by atoms with Gasteiger partial charge in [0.1, 0.15) is 10.7 Å². The molecule has 0 aliphatic heterocycles. The molecule has 22 heavy (non-hydrogen) atoms. The highest BCUT2D eigenvalue weighted by Gasteiger charge is 2.30. The second kappa shape index (κ2) is 5.76. The van der Waals surface area contributed by atoms with Gasteiger partial charge in [0.25, 0.3) is 5.56 Å². The van der Waals surface area contributed by atoms with Crippen LogP contribution in [0.2, 0.25) is 0 Å². The fourth-order valence-corrected chi connectivity index (χ4v) is 4.61. The molecule has 2 aromatic heterocycles. The van der Waals surface area contributed by atoms with Gasteiger partial charge in [-0.3, -0.25) is 9.36 Å². The Kier molecular flexibility index (Phi) is 3.76. The van der Waals surface area contributed by atoms with Gasteiger partial charge in [0.15, 0.2) is 0 Å². The van der Waals surface area contributed by atoms with E-state index >= 15 is 0 Å². The monoisotopic (exact) mass is 319 g/mol. The number of hydrogen-bond donors (Lipinski definition) is 2. The third kappa shape index (κ3) is 2.39. The van der Waals surface area contributed by atoms with Crippen LogP contribution in [0.3, 0.4) is 0 Å². The Balaban J connectivity index is 1.75. The van der Waals surface area contributed by atoms with Crippen LogP contribution in [-0.2, 0) is 19.4 Å². The molecule has 0 radical (unpaired) electrons. The third-order valence-corrected chi connectivity index (χ3v) is 5.74. The molecule has 2 aromatic rings. The second-order valence-corrected chi connectivity index (χ2v) is 7.31. The van der Waals surface area contributed by atoms with Gasteiger partial charge in [-0.2, -0.15) is 0 Å². The van der Waals surface area contributed by atoms with Crippen LogP contribution >= 0.6 is 11.3 Å². The van der Waals surface area contributed by atoms with Crippen LogP contribution < -0.4 is 10.9 Å². The summed E-state index contributed by atoms with van der Waals surface area (Å²) < 4.78 is 1.93. The van der Waals surface area contributed by atoms with Gasteiger partial charge >= 0.3 is 0 Å². The highest BCUT2D eigenvalue weighted by Crippen LogP contribution is 2.38. The van der Waals surface area contributed by atoms with Crippen molar-refractivity contribution in [2.24, 2.45) is 0 Å². The molecule has 5 nitrogen and oxygen atoms in total. The molecule has 2 N–H and O–H groups in total. The van der Waals surface area contributed by atoms with Crippen LogP contribution in [-0.4, -0.2) is 27.8 Å². The maximum atomic E-state index is 13.0. The summed E-state index contributed by atoms with van der Waals surface area (Å²) in [6.45, 7) is 1.53. The Labute approximate surface area is 133 Å². The zero-order valence-electron chi connectivity index (χ0n) is 12.6. The number of aryl methyl sites for hydroxylation is 2. The molecule has 4 rings (SSSR count). The molecule has 1 saturated carbocycles. The third-order valence-electron chi connectivity index (χ3n) is 4.55. The average molecular weight is 319 g/mol. The van der Waals surface area contributed by atoms with Crippen molar-refractivity contribution in [2.45, 2.75) is 51.1 Å². The molecule has 2 aliphatic rings. The lowest BCUT2D eigenvalue weighted by molar-refractivity contribution is 0.285. The molecule has 1 fully saturated rings. The van der Waals surface area contributed by atoms with E-state index in [0.29, 0.717) is 12.6 Å². The molecule has 118 valence electrons. The normalized spacial score (nSPS) is 17.3. The van der Waals surface area contributed by atoms with Gasteiger partial charge in [0.2, 0.25) is 0 Å². The van der Waals surface area contributed by atoms with Gasteiger partial charge < -0.3 is 10.4 Å². The molecular weight excluding hydrogens is 298 g/mol. The summed E-state index contributed by atoms with van der Waals surface area (Å²) in [5, 5.41) is 13.0. The first kappa shape index (κ1) is 14.4. The lowest BCUT2D eigenvalue weighted by Gasteiger charge is -2.12. The van der Waals surface area contributed by atoms with Gasteiger partial charge in [-0.1, -0.05) is 0 Å². The molecule has 0 amide bonds. The highest BCUT2D eigenvalue weighted by molar-refractivity contribution is 7.18. The molecule has 0 aromatic carbocycles. The maximum absolute atomic E-state index is 13.0. The number of aliphatic hydroxyl groups excluding tert-OH is 1. The molecule has 0 saturated heterocycles. The summed E-state index contributed by atoms with van der Waals surface area (Å²) in [6.07, 6.45) is 6.20. The van der Waals surface area contributed by atoms with Crippen LogP contribution in [0.4, 0.5) is 0 Å². The Morgan fingerprint density at radius 1 is 1.36 bits per heavy atom. The van der Waals surface area contributed by atoms with Crippen LogP contribution in [0.5, 0.6) is 0 Å². The Bertz CT molecular complexity index is 761. The van der Waals surface area contributed by atoms with E-state index in [1.165, 1.54) is 16.9 Å². The van der Waals surface area contributed by atoms with Gasteiger partial charge in [-0.05, 0) is 50.6 Å². The number of nitrogens with zero attached hydrogens (tertiary/aromatic N) is 2. The summed E-state index contributed by atoms with van der Waals surface area (Å²) >= 11 is 1.71. The Hall–Kier alpha value is -1.24. The number of hydrogen-bond acceptors (Lipinski definition) is 5. The van der Waals surface area contributed by atoms with E-state index < -0.39 is 0 Å². The van der Waals surface area contributed by atoms with Crippen LogP contribution in [0, 0.1) is 0 Å². The number of thiophene rings is 1. The molecule has 2 heterocycles. The number of fused-ring (bicyclic) bond motifs is 3. The lowest BCUT2D eigenvalue weighted by atomic mass is 10.2. The summed E-state index contributed by atoms with van der Waals surface area (Å²) in [5.41, 5.74) is 1.44. The molecule has 2 aliphatic carbocycles. The van der Waals surface area contributed by atoms with Crippen molar-refractivity contribution < 1.29 is 5.11 Å². The van der Waals surface area contributed by atoms with E-state index in [1.54, 1.807) is 11.3 Å². The Morgan fingerprint density at radius 2 is 2.23 bits per heavy atom. The van der Waals surface area contributed by atoms with Crippen LogP contribution in [0.15, 0.2) is 4.79 Å². The molecule has 6 heteroatoms. The first-order valence-electron chi connectivity index (χ1n) is 8.17. The molecular formula is C16H21N3O2S. The topological polar surface area (TPSA) is 67.2 Å². The highest BCUT2D eigenvalue weighted by atomic mass is 32.1. The first-order chi connectivity index (χ1) is 10.8. The van der Waals surface area contributed by atoms with Gasteiger partial charge in [0.05, 0.1) is 11.9 Å². The SMILES string of the molecule is O=c1c2c3c(sc2nc(CNCCCO)n1C1CC1)CCC3. The summed E-state index contributed by atoms with van der Waals surface area (Å²) in [5.74, 6) is 0.859. The summed E-state index contributed by atoms with van der Waals surface area (Å²) in [6, 6.07) is 0.344. The second-order valence-electron chi connectivity index (χ2n) is 6.23. The summed E-state index contributed by atoms with van der Waals surface area (Å²) in [7, 11) is 0.